The number of hydrogen-bond donors (Lipinski definition) is 1. The summed E-state index contributed by atoms with van der Waals surface area (Å²) in [5.41, 5.74) is 3.90. The Balaban J connectivity index is 1.61. The largest absolute Gasteiger partial charge is 0.453 e. The van der Waals surface area contributed by atoms with E-state index in [1.807, 2.05) is 25.1 Å². The first kappa shape index (κ1) is 19.3. The van der Waals surface area contributed by atoms with E-state index in [2.05, 4.69) is 25.1 Å². The third-order valence-electron chi connectivity index (χ3n) is 5.41. The van der Waals surface area contributed by atoms with Crippen LogP contribution in [0.4, 0.5) is 13.2 Å². The smallest absolute Gasteiger partial charge is 0.348 e. The van der Waals surface area contributed by atoms with Gasteiger partial charge in [-0.05, 0) is 24.6 Å². The van der Waals surface area contributed by atoms with Crippen LogP contribution in [0.2, 0.25) is 0 Å². The van der Waals surface area contributed by atoms with Crippen molar-refractivity contribution in [2.45, 2.75) is 25.6 Å². The van der Waals surface area contributed by atoms with Crippen LogP contribution >= 0.6 is 0 Å². The Kier molecular flexibility index (Phi) is 4.14. The van der Waals surface area contributed by atoms with Gasteiger partial charge >= 0.3 is 6.18 Å². The summed E-state index contributed by atoms with van der Waals surface area (Å²) < 4.78 is 41.7. The second kappa shape index (κ2) is 6.65. The zero-order valence-electron chi connectivity index (χ0n) is 16.6. The van der Waals surface area contributed by atoms with Crippen LogP contribution in [0.15, 0.2) is 30.7 Å². The number of fused-ring (bicyclic) bond motifs is 2. The molecular formula is C19H17F3N8O. The average molecular weight is 430 g/mol. The predicted octanol–water partition coefficient (Wildman–Crippen LogP) is 2.30. The Morgan fingerprint density at radius 1 is 1.29 bits per heavy atom. The standard InChI is InChI=1S/C19H17F3N8O/c1-10-4-3-6-30-13(10)8-12(26-30)15-14-11(23-9-24-14)5-7-29(15)17(31)16-25-18(19(20,21)22)27-28(16)2/h3-4,6,8-9,15H,5,7H2,1-2H3,(H,23,24)/t15-/m1/s1. The molecule has 0 saturated carbocycles. The minimum Gasteiger partial charge on any atom is -0.348 e. The molecule has 0 spiro atoms. The molecular weight excluding hydrogens is 413 g/mol. The predicted molar refractivity (Wildman–Crippen MR) is 101 cm³/mol. The molecule has 1 aliphatic heterocycles. The first-order chi connectivity index (χ1) is 14.7. The molecule has 0 radical (unpaired) electrons. The van der Waals surface area contributed by atoms with E-state index in [1.165, 1.54) is 18.3 Å². The molecule has 160 valence electrons. The number of rotatable bonds is 2. The fourth-order valence-corrected chi connectivity index (χ4v) is 3.92. The van der Waals surface area contributed by atoms with Gasteiger partial charge in [0.15, 0.2) is 0 Å². The number of aryl methyl sites for hydroxylation is 2. The highest BCUT2D eigenvalue weighted by Gasteiger charge is 2.41. The molecule has 0 fully saturated rings. The monoisotopic (exact) mass is 430 g/mol. The summed E-state index contributed by atoms with van der Waals surface area (Å²) in [6, 6.07) is 5.00. The highest BCUT2D eigenvalue weighted by molar-refractivity contribution is 5.91. The maximum Gasteiger partial charge on any atom is 0.453 e. The van der Waals surface area contributed by atoms with Crippen LogP contribution in [0, 0.1) is 6.92 Å². The molecule has 5 rings (SSSR count). The van der Waals surface area contributed by atoms with Crippen molar-refractivity contribution in [3.05, 3.63) is 65.0 Å². The van der Waals surface area contributed by atoms with Gasteiger partial charge in [0, 0.05) is 31.9 Å². The second-order valence-electron chi connectivity index (χ2n) is 7.39. The van der Waals surface area contributed by atoms with Crippen LogP contribution in [-0.2, 0) is 19.6 Å². The molecule has 0 unspecified atom stereocenters. The number of H-pyrrole nitrogens is 1. The first-order valence-corrected chi connectivity index (χ1v) is 9.50. The van der Waals surface area contributed by atoms with Crippen LogP contribution in [0.1, 0.15) is 45.1 Å². The summed E-state index contributed by atoms with van der Waals surface area (Å²) in [7, 11) is 1.27. The van der Waals surface area contributed by atoms with Crippen LogP contribution in [-0.4, -0.2) is 51.7 Å². The molecule has 9 nitrogen and oxygen atoms in total. The molecule has 1 amide bonds. The summed E-state index contributed by atoms with van der Waals surface area (Å²) in [5, 5.41) is 7.98. The van der Waals surface area contributed by atoms with E-state index in [-0.39, 0.29) is 6.54 Å². The van der Waals surface area contributed by atoms with Crippen molar-refractivity contribution in [2.75, 3.05) is 6.54 Å². The van der Waals surface area contributed by atoms with Gasteiger partial charge in [0.25, 0.3) is 11.7 Å². The van der Waals surface area contributed by atoms with Gasteiger partial charge in [-0.1, -0.05) is 6.07 Å². The third kappa shape index (κ3) is 3.05. The Morgan fingerprint density at radius 2 is 2.10 bits per heavy atom. The molecule has 0 aromatic carbocycles. The number of imidazole rings is 1. The van der Waals surface area contributed by atoms with Crippen molar-refractivity contribution in [2.24, 2.45) is 7.05 Å². The Hall–Kier alpha value is -3.70. The van der Waals surface area contributed by atoms with Crippen LogP contribution in [0.5, 0.6) is 0 Å². The molecule has 0 bridgehead atoms. The quantitative estimate of drug-likeness (QED) is 0.526. The van der Waals surface area contributed by atoms with Crippen molar-refractivity contribution >= 4 is 11.4 Å². The Bertz CT molecular complexity index is 1300. The number of carbonyl (C=O) groups is 1. The van der Waals surface area contributed by atoms with E-state index < -0.39 is 29.8 Å². The number of aromatic amines is 1. The summed E-state index contributed by atoms with van der Waals surface area (Å²) in [4.78, 5) is 25.7. The summed E-state index contributed by atoms with van der Waals surface area (Å²) in [5.74, 6) is -2.41. The van der Waals surface area contributed by atoms with Gasteiger partial charge in [0.2, 0.25) is 5.82 Å². The average Bonchev–Trinajstić information content (AvgIpc) is 3.44. The number of halogens is 3. The first-order valence-electron chi connectivity index (χ1n) is 9.50. The number of pyridine rings is 1. The van der Waals surface area contributed by atoms with Crippen molar-refractivity contribution in [1.29, 1.82) is 0 Å². The molecule has 0 saturated heterocycles. The zero-order valence-corrected chi connectivity index (χ0v) is 16.6. The van der Waals surface area contributed by atoms with E-state index >= 15 is 0 Å². The zero-order chi connectivity index (χ0) is 21.9. The number of amides is 1. The topological polar surface area (TPSA) is 97.0 Å². The van der Waals surface area contributed by atoms with Crippen molar-refractivity contribution in [3.63, 3.8) is 0 Å². The third-order valence-corrected chi connectivity index (χ3v) is 5.41. The number of nitrogens with one attached hydrogen (secondary N) is 1. The molecule has 1 aliphatic rings. The molecule has 5 heterocycles. The lowest BCUT2D eigenvalue weighted by Gasteiger charge is -2.33. The SMILES string of the molecule is Cc1cccn2nc([C@@H]3c4nc[nH]c4CCN3C(=O)c3nc(C(F)(F)F)nn3C)cc12. The van der Waals surface area contributed by atoms with Gasteiger partial charge in [0.05, 0.1) is 23.2 Å². The van der Waals surface area contributed by atoms with E-state index in [0.717, 1.165) is 21.5 Å². The van der Waals surface area contributed by atoms with Crippen LogP contribution in [0.3, 0.4) is 0 Å². The lowest BCUT2D eigenvalue weighted by Crippen LogP contribution is -2.42. The minimum atomic E-state index is -4.74. The summed E-state index contributed by atoms with van der Waals surface area (Å²) in [6.07, 6.45) is -0.929. The van der Waals surface area contributed by atoms with E-state index in [0.29, 0.717) is 17.8 Å². The van der Waals surface area contributed by atoms with E-state index in [1.54, 1.807) is 10.7 Å². The van der Waals surface area contributed by atoms with Crippen LogP contribution in [0.25, 0.3) is 5.52 Å². The van der Waals surface area contributed by atoms with Gasteiger partial charge in [-0.15, -0.1) is 5.10 Å². The highest BCUT2D eigenvalue weighted by atomic mass is 19.4. The number of nitrogens with zero attached hydrogens (tertiary/aromatic N) is 7. The molecule has 0 aliphatic carbocycles. The second-order valence-corrected chi connectivity index (χ2v) is 7.39. The lowest BCUT2D eigenvalue weighted by molar-refractivity contribution is -0.144. The van der Waals surface area contributed by atoms with Gasteiger partial charge < -0.3 is 9.88 Å². The van der Waals surface area contributed by atoms with E-state index in [4.69, 9.17) is 0 Å². The van der Waals surface area contributed by atoms with Crippen LogP contribution < -0.4 is 0 Å². The molecule has 12 heteroatoms. The Labute approximate surface area is 173 Å². The molecule has 31 heavy (non-hydrogen) atoms. The highest BCUT2D eigenvalue weighted by Crippen LogP contribution is 2.35. The molecule has 1 atom stereocenters. The van der Waals surface area contributed by atoms with E-state index in [9.17, 15) is 18.0 Å². The van der Waals surface area contributed by atoms with Crippen molar-refractivity contribution in [1.82, 2.24) is 39.2 Å². The normalized spacial score (nSPS) is 16.7. The number of carbonyl (C=O) groups excluding carboxylic acids is 1. The summed E-state index contributed by atoms with van der Waals surface area (Å²) >= 11 is 0. The number of alkyl halides is 3. The van der Waals surface area contributed by atoms with Gasteiger partial charge in [-0.2, -0.15) is 23.3 Å². The molecule has 4 aromatic heterocycles. The fraction of sp³-hybridized carbons (Fsp3) is 0.316. The summed E-state index contributed by atoms with van der Waals surface area (Å²) in [6.45, 7) is 2.21. The fourth-order valence-electron chi connectivity index (χ4n) is 3.92. The molecule has 4 aromatic rings. The van der Waals surface area contributed by atoms with Crippen molar-refractivity contribution in [3.8, 4) is 0 Å². The number of hydrogen-bond acceptors (Lipinski definition) is 5. The van der Waals surface area contributed by atoms with Gasteiger partial charge in [0.1, 0.15) is 6.04 Å². The maximum absolute atomic E-state index is 13.3. The maximum atomic E-state index is 13.3. The molecule has 1 N–H and O–H groups in total. The van der Waals surface area contributed by atoms with Gasteiger partial charge in [-0.25, -0.2) is 14.2 Å². The Morgan fingerprint density at radius 3 is 2.81 bits per heavy atom. The minimum absolute atomic E-state index is 0.264. The number of aromatic nitrogens is 7. The van der Waals surface area contributed by atoms with Crippen molar-refractivity contribution < 1.29 is 18.0 Å². The van der Waals surface area contributed by atoms with Gasteiger partial charge in [-0.3, -0.25) is 4.79 Å². The lowest BCUT2D eigenvalue weighted by atomic mass is 9.99.